The van der Waals surface area contributed by atoms with Crippen LogP contribution in [0, 0.1) is 5.41 Å². The highest BCUT2D eigenvalue weighted by atomic mass is 16.5. The van der Waals surface area contributed by atoms with Crippen LogP contribution < -0.4 is 21.3 Å². The van der Waals surface area contributed by atoms with Crippen molar-refractivity contribution in [3.05, 3.63) is 48.5 Å². The van der Waals surface area contributed by atoms with E-state index in [4.69, 9.17) is 18.9 Å². The fourth-order valence-electron chi connectivity index (χ4n) is 5.59. The first kappa shape index (κ1) is 49.9. The van der Waals surface area contributed by atoms with E-state index in [1.807, 2.05) is 0 Å². The van der Waals surface area contributed by atoms with Crippen molar-refractivity contribution in [3.63, 3.8) is 0 Å². The van der Waals surface area contributed by atoms with Crippen LogP contribution in [0.2, 0.25) is 0 Å². The summed E-state index contributed by atoms with van der Waals surface area (Å²) < 4.78 is 23.4. The molecule has 0 atom stereocenters. The first-order valence-electron chi connectivity index (χ1n) is 19.3. The second-order valence-electron chi connectivity index (χ2n) is 14.2. The minimum Gasteiger partial charge on any atom is -0.504 e. The highest BCUT2D eigenvalue weighted by Gasteiger charge is 2.33. The molecular formula is C41H48N4O20. The lowest BCUT2D eigenvalue weighted by molar-refractivity contribution is -0.125. The molecule has 0 bridgehead atoms. The highest BCUT2D eigenvalue weighted by Crippen LogP contribution is 2.43. The van der Waals surface area contributed by atoms with Crippen LogP contribution >= 0.6 is 0 Å². The van der Waals surface area contributed by atoms with Crippen molar-refractivity contribution in [2.75, 3.05) is 74.1 Å². The molecule has 0 spiro atoms. The van der Waals surface area contributed by atoms with E-state index in [1.165, 1.54) is 0 Å². The maximum atomic E-state index is 12.7. The van der Waals surface area contributed by atoms with Crippen molar-refractivity contribution in [2.24, 2.45) is 5.41 Å². The average molecular weight is 917 g/mol. The Balaban J connectivity index is 1.46. The third-order valence-corrected chi connectivity index (χ3v) is 9.14. The molecule has 24 heteroatoms. The molecule has 0 aliphatic heterocycles. The normalized spacial score (nSPS) is 11.2. The van der Waals surface area contributed by atoms with Crippen LogP contribution in [-0.4, -0.2) is 138 Å². The van der Waals surface area contributed by atoms with E-state index in [1.54, 1.807) is 0 Å². The lowest BCUT2D eigenvalue weighted by Crippen LogP contribution is -2.42. The van der Waals surface area contributed by atoms with Gasteiger partial charge in [0, 0.05) is 0 Å². The molecular weight excluding hydrogens is 868 g/mol. The molecule has 0 unspecified atom stereocenters. The predicted octanol–water partition coefficient (Wildman–Crippen LogP) is 2.62. The molecule has 0 aromatic heterocycles. The second-order valence-corrected chi connectivity index (χ2v) is 14.2. The quantitative estimate of drug-likeness (QED) is 0.0273. The molecule has 0 saturated carbocycles. The zero-order chi connectivity index (χ0) is 47.8. The van der Waals surface area contributed by atoms with Crippen molar-refractivity contribution in [1.29, 1.82) is 0 Å². The summed E-state index contributed by atoms with van der Waals surface area (Å²) in [6.45, 7) is -2.34. The number of phenols is 12. The lowest BCUT2D eigenvalue weighted by atomic mass is 9.92. The molecule has 0 aliphatic carbocycles. The Morgan fingerprint density at radius 1 is 0.338 bits per heavy atom. The van der Waals surface area contributed by atoms with E-state index in [-0.39, 0.29) is 101 Å². The molecule has 0 radical (unpaired) electrons. The number of phenolic OH excluding ortho intramolecular Hbond substituents is 12. The van der Waals surface area contributed by atoms with Gasteiger partial charge in [-0.2, -0.15) is 0 Å². The zero-order valence-electron chi connectivity index (χ0n) is 34.2. The summed E-state index contributed by atoms with van der Waals surface area (Å²) >= 11 is 0. The van der Waals surface area contributed by atoms with E-state index in [0.29, 0.717) is 0 Å². The first-order valence-corrected chi connectivity index (χ1v) is 19.3. The lowest BCUT2D eigenvalue weighted by Gasteiger charge is -2.33. The van der Waals surface area contributed by atoms with Crippen molar-refractivity contribution in [2.45, 2.75) is 25.7 Å². The number of carbonyl (C=O) groups excluding carboxylic acids is 4. The Kier molecular flexibility index (Phi) is 17.7. The number of hydrogen-bond donors (Lipinski definition) is 16. The molecule has 0 saturated heterocycles. The number of aromatic hydroxyl groups is 12. The number of benzene rings is 4. The van der Waals surface area contributed by atoms with E-state index < -0.39 is 98.0 Å². The Hall–Kier alpha value is -7.80. The third kappa shape index (κ3) is 14.1. The van der Waals surface area contributed by atoms with E-state index in [2.05, 4.69) is 21.3 Å². The van der Waals surface area contributed by atoms with Gasteiger partial charge in [0.15, 0.2) is 46.0 Å². The standard InChI is InChI=1S/C41H48N4O20/c46-25-5-1-21(33(54)37(25)58)42-29(50)9-13-62-17-41(18-63-14-10-30(51)43-22-2-6-26(47)38(59)34(22)55,19-64-15-11-31(52)44-23-3-7-27(48)39(60)35(23)56)20-65-16-12-32(53)45-24-4-8-28(49)40(61)36(24)57/h1-8,46-49,54-61H,9-20H2,(H,42,50)(H,43,51)(H,44,52)(H,45,53). The van der Waals surface area contributed by atoms with Crippen LogP contribution in [0.3, 0.4) is 0 Å². The van der Waals surface area contributed by atoms with E-state index in [9.17, 15) is 80.5 Å². The van der Waals surface area contributed by atoms with Gasteiger partial charge in [0.2, 0.25) is 46.6 Å². The van der Waals surface area contributed by atoms with Gasteiger partial charge < -0.3 is 101 Å². The first-order chi connectivity index (χ1) is 30.8. The molecule has 65 heavy (non-hydrogen) atoms. The summed E-state index contributed by atoms with van der Waals surface area (Å²) in [6.07, 6.45) is -1.28. The fourth-order valence-corrected chi connectivity index (χ4v) is 5.59. The zero-order valence-corrected chi connectivity index (χ0v) is 34.2. The number of ether oxygens (including phenoxy) is 4. The largest absolute Gasteiger partial charge is 0.504 e. The molecule has 0 fully saturated rings. The maximum absolute atomic E-state index is 12.7. The topological polar surface area (TPSA) is 396 Å². The van der Waals surface area contributed by atoms with Crippen molar-refractivity contribution < 1.29 is 99.4 Å². The minimum atomic E-state index is -1.34. The van der Waals surface area contributed by atoms with Gasteiger partial charge in [-0.15, -0.1) is 0 Å². The Labute approximate surface area is 368 Å². The number of hydrogen-bond acceptors (Lipinski definition) is 20. The smallest absolute Gasteiger partial charge is 0.226 e. The van der Waals surface area contributed by atoms with Gasteiger partial charge in [0.25, 0.3) is 0 Å². The number of carbonyl (C=O) groups is 4. The van der Waals surface area contributed by atoms with Crippen molar-refractivity contribution in [3.8, 4) is 69.0 Å². The summed E-state index contributed by atoms with van der Waals surface area (Å²) in [5.74, 6) is -11.8. The minimum absolute atomic E-state index is 0.209. The Morgan fingerprint density at radius 2 is 0.538 bits per heavy atom. The third-order valence-electron chi connectivity index (χ3n) is 9.14. The number of rotatable bonds is 24. The van der Waals surface area contributed by atoms with Crippen LogP contribution in [0.15, 0.2) is 48.5 Å². The molecule has 16 N–H and O–H groups in total. The maximum Gasteiger partial charge on any atom is 0.226 e. The van der Waals surface area contributed by atoms with Gasteiger partial charge >= 0.3 is 0 Å². The van der Waals surface area contributed by atoms with E-state index >= 15 is 0 Å². The molecule has 4 amide bonds. The van der Waals surface area contributed by atoms with Gasteiger partial charge in [-0.25, -0.2) is 0 Å². The molecule has 4 aromatic carbocycles. The van der Waals surface area contributed by atoms with Gasteiger partial charge in [0.1, 0.15) is 0 Å². The number of nitrogens with one attached hydrogen (secondary N) is 4. The fraction of sp³-hybridized carbons (Fsp3) is 0.317. The molecule has 24 nitrogen and oxygen atoms in total. The summed E-state index contributed by atoms with van der Waals surface area (Å²) in [4.78, 5) is 50.8. The monoisotopic (exact) mass is 916 g/mol. The van der Waals surface area contributed by atoms with Crippen LogP contribution in [0.25, 0.3) is 0 Å². The summed E-state index contributed by atoms with van der Waals surface area (Å²) in [6, 6.07) is 8.74. The van der Waals surface area contributed by atoms with Crippen molar-refractivity contribution in [1.82, 2.24) is 0 Å². The van der Waals surface area contributed by atoms with Gasteiger partial charge in [-0.05, 0) is 48.5 Å². The van der Waals surface area contributed by atoms with Gasteiger partial charge in [-0.3, -0.25) is 19.2 Å². The average Bonchev–Trinajstić information content (AvgIpc) is 3.27. The highest BCUT2D eigenvalue weighted by molar-refractivity contribution is 5.95. The van der Waals surface area contributed by atoms with Gasteiger partial charge in [-0.1, -0.05) is 0 Å². The summed E-state index contributed by atoms with van der Waals surface area (Å²) in [5, 5.41) is 127. The van der Waals surface area contributed by atoms with Crippen molar-refractivity contribution >= 4 is 46.4 Å². The summed E-state index contributed by atoms with van der Waals surface area (Å²) in [5.41, 5.74) is -2.18. The molecule has 4 rings (SSSR count). The Bertz CT molecular complexity index is 2020. The van der Waals surface area contributed by atoms with Crippen LogP contribution in [0.5, 0.6) is 69.0 Å². The van der Waals surface area contributed by atoms with Crippen LogP contribution in [0.1, 0.15) is 25.7 Å². The molecule has 0 aliphatic rings. The number of amides is 4. The SMILES string of the molecule is O=C(CCOCC(COCCC(=O)Nc1ccc(O)c(O)c1O)(COCCC(=O)Nc1ccc(O)c(O)c1O)COCCC(=O)Nc1ccc(O)c(O)c1O)Nc1ccc(O)c(O)c1O. The summed E-state index contributed by atoms with van der Waals surface area (Å²) in [7, 11) is 0. The molecule has 352 valence electrons. The van der Waals surface area contributed by atoms with Crippen LogP contribution in [0.4, 0.5) is 22.7 Å². The number of anilines is 4. The molecule has 4 aromatic rings. The molecule has 0 heterocycles. The Morgan fingerprint density at radius 3 is 0.738 bits per heavy atom. The van der Waals surface area contributed by atoms with E-state index in [0.717, 1.165) is 48.5 Å². The second kappa shape index (κ2) is 23.0. The van der Waals surface area contributed by atoms with Crippen LogP contribution in [-0.2, 0) is 38.1 Å². The van der Waals surface area contributed by atoms with Gasteiger partial charge in [0.05, 0.1) is 107 Å². The predicted molar refractivity (Wildman–Crippen MR) is 224 cm³/mol.